The van der Waals surface area contributed by atoms with E-state index in [1.54, 1.807) is 0 Å². The van der Waals surface area contributed by atoms with Crippen LogP contribution in [0.25, 0.3) is 0 Å². The van der Waals surface area contributed by atoms with Crippen molar-refractivity contribution in [2.24, 2.45) is 0 Å². The van der Waals surface area contributed by atoms with Gasteiger partial charge < -0.3 is 19.7 Å². The van der Waals surface area contributed by atoms with Gasteiger partial charge in [-0.3, -0.25) is 0 Å². The molecule has 0 bridgehead atoms. The van der Waals surface area contributed by atoms with Crippen molar-refractivity contribution in [3.05, 3.63) is 11.8 Å². The van der Waals surface area contributed by atoms with E-state index in [4.69, 9.17) is 14.5 Å². The fourth-order valence-electron chi connectivity index (χ4n) is 4.23. The van der Waals surface area contributed by atoms with Crippen molar-refractivity contribution >= 4 is 11.8 Å². The fourth-order valence-corrected chi connectivity index (χ4v) is 4.23. The lowest BCUT2D eigenvalue weighted by atomic mass is 10.0. The van der Waals surface area contributed by atoms with Gasteiger partial charge in [-0.25, -0.2) is 4.98 Å². The van der Waals surface area contributed by atoms with Crippen LogP contribution >= 0.6 is 0 Å². The molecular formula is C19H30N4O2. The topological polar surface area (TPSA) is 59.5 Å². The Balaban J connectivity index is 1.42. The largest absolute Gasteiger partial charge is 0.367 e. The summed E-state index contributed by atoms with van der Waals surface area (Å²) in [4.78, 5) is 11.8. The highest BCUT2D eigenvalue weighted by Crippen LogP contribution is 2.32. The van der Waals surface area contributed by atoms with Gasteiger partial charge in [-0.05, 0) is 19.8 Å². The summed E-state index contributed by atoms with van der Waals surface area (Å²) in [5.74, 6) is 1.47. The Hall–Kier alpha value is -1.40. The molecule has 2 saturated heterocycles. The summed E-state index contributed by atoms with van der Waals surface area (Å²) in [6.45, 7) is 5.25. The van der Waals surface area contributed by atoms with E-state index in [-0.39, 0.29) is 5.79 Å². The molecule has 3 aliphatic rings. The molecule has 1 aromatic heterocycles. The van der Waals surface area contributed by atoms with Gasteiger partial charge in [0.05, 0.1) is 13.2 Å². The summed E-state index contributed by atoms with van der Waals surface area (Å²) >= 11 is 0. The number of nitrogens with zero attached hydrogens (tertiary/aromatic N) is 3. The Bertz CT molecular complexity index is 571. The first kappa shape index (κ1) is 17.0. The Morgan fingerprint density at radius 2 is 1.72 bits per heavy atom. The van der Waals surface area contributed by atoms with E-state index in [0.29, 0.717) is 6.04 Å². The van der Waals surface area contributed by atoms with Crippen LogP contribution < -0.4 is 10.2 Å². The lowest BCUT2D eigenvalue weighted by Gasteiger charge is -2.37. The van der Waals surface area contributed by atoms with Crippen molar-refractivity contribution in [2.75, 3.05) is 36.5 Å². The normalized spacial score (nSPS) is 24.4. The predicted octanol–water partition coefficient (Wildman–Crippen LogP) is 3.26. The van der Waals surface area contributed by atoms with Crippen LogP contribution in [0.1, 0.15) is 57.1 Å². The molecule has 0 aromatic carbocycles. The predicted molar refractivity (Wildman–Crippen MR) is 98.0 cm³/mol. The van der Waals surface area contributed by atoms with Gasteiger partial charge in [-0.1, -0.05) is 25.7 Å². The van der Waals surface area contributed by atoms with Gasteiger partial charge in [-0.15, -0.1) is 0 Å². The quantitative estimate of drug-likeness (QED) is 0.848. The molecule has 2 aliphatic heterocycles. The second-order valence-electron chi connectivity index (χ2n) is 7.62. The fraction of sp³-hybridized carbons (Fsp3) is 0.789. The van der Waals surface area contributed by atoms with E-state index in [1.807, 2.05) is 0 Å². The first-order valence-electron chi connectivity index (χ1n) is 9.88. The van der Waals surface area contributed by atoms with Gasteiger partial charge in [0.15, 0.2) is 5.79 Å². The van der Waals surface area contributed by atoms with E-state index < -0.39 is 0 Å². The van der Waals surface area contributed by atoms with Crippen molar-refractivity contribution in [3.63, 3.8) is 0 Å². The number of anilines is 2. The highest BCUT2D eigenvalue weighted by Gasteiger charge is 2.40. The molecule has 4 rings (SSSR count). The number of hydrogen-bond donors (Lipinski definition) is 1. The maximum absolute atomic E-state index is 5.82. The maximum atomic E-state index is 5.82. The molecule has 1 aliphatic carbocycles. The van der Waals surface area contributed by atoms with Crippen LogP contribution in [0.15, 0.2) is 6.07 Å². The number of aryl methyl sites for hydroxylation is 1. The van der Waals surface area contributed by atoms with Crippen LogP contribution in [0.5, 0.6) is 0 Å². The average molecular weight is 346 g/mol. The standard InChI is InChI=1S/C19H30N4O2/c1-15-14-17(21-16-6-4-2-3-5-7-16)22-18(20-15)23-10-8-19(9-11-23)24-12-13-25-19/h14,16H,2-13H2,1H3,(H,20,21,22). The van der Waals surface area contributed by atoms with Gasteiger partial charge >= 0.3 is 0 Å². The minimum atomic E-state index is -0.345. The monoisotopic (exact) mass is 346 g/mol. The molecule has 6 heteroatoms. The van der Waals surface area contributed by atoms with Crippen LogP contribution in [0.4, 0.5) is 11.8 Å². The van der Waals surface area contributed by atoms with Crippen molar-refractivity contribution in [1.29, 1.82) is 0 Å². The van der Waals surface area contributed by atoms with Crippen LogP contribution in [0.3, 0.4) is 0 Å². The molecule has 0 amide bonds. The Kier molecular flexibility index (Phi) is 5.08. The van der Waals surface area contributed by atoms with Gasteiger partial charge in [0.2, 0.25) is 5.95 Å². The van der Waals surface area contributed by atoms with Crippen molar-refractivity contribution in [3.8, 4) is 0 Å². The number of ether oxygens (including phenoxy) is 2. The molecule has 25 heavy (non-hydrogen) atoms. The third-order valence-corrected chi connectivity index (χ3v) is 5.67. The maximum Gasteiger partial charge on any atom is 0.227 e. The number of hydrogen-bond acceptors (Lipinski definition) is 6. The van der Waals surface area contributed by atoms with Crippen LogP contribution in [-0.4, -0.2) is 48.1 Å². The highest BCUT2D eigenvalue weighted by atomic mass is 16.7. The van der Waals surface area contributed by atoms with Crippen LogP contribution in [0.2, 0.25) is 0 Å². The van der Waals surface area contributed by atoms with Crippen molar-refractivity contribution in [1.82, 2.24) is 9.97 Å². The third kappa shape index (κ3) is 4.06. The molecule has 138 valence electrons. The van der Waals surface area contributed by atoms with E-state index in [2.05, 4.69) is 28.2 Å². The van der Waals surface area contributed by atoms with Crippen molar-refractivity contribution < 1.29 is 9.47 Å². The molecule has 3 fully saturated rings. The number of aromatic nitrogens is 2. The molecule has 1 spiro atoms. The van der Waals surface area contributed by atoms with Crippen molar-refractivity contribution in [2.45, 2.75) is 70.1 Å². The summed E-state index contributed by atoms with van der Waals surface area (Å²) in [6.07, 6.45) is 9.65. The second kappa shape index (κ2) is 7.46. The highest BCUT2D eigenvalue weighted by molar-refractivity contribution is 5.44. The summed E-state index contributed by atoms with van der Waals surface area (Å²) in [5, 5.41) is 3.66. The SMILES string of the molecule is Cc1cc(NC2CCCCCC2)nc(N2CCC3(CC2)OCCO3)n1. The van der Waals surface area contributed by atoms with Crippen LogP contribution in [-0.2, 0) is 9.47 Å². The molecule has 3 heterocycles. The van der Waals surface area contributed by atoms with E-state index >= 15 is 0 Å². The average Bonchev–Trinajstić information content (AvgIpc) is 2.90. The lowest BCUT2D eigenvalue weighted by molar-refractivity contribution is -0.169. The molecule has 1 N–H and O–H groups in total. The number of piperidine rings is 1. The lowest BCUT2D eigenvalue weighted by Crippen LogP contribution is -2.45. The Morgan fingerprint density at radius 1 is 1.04 bits per heavy atom. The van der Waals surface area contributed by atoms with Gasteiger partial charge in [0, 0.05) is 43.7 Å². The molecule has 0 atom stereocenters. The molecule has 0 unspecified atom stereocenters. The minimum absolute atomic E-state index is 0.345. The molecule has 1 aromatic rings. The minimum Gasteiger partial charge on any atom is -0.367 e. The summed E-state index contributed by atoms with van der Waals surface area (Å²) in [7, 11) is 0. The summed E-state index contributed by atoms with van der Waals surface area (Å²) in [5.41, 5.74) is 1.02. The zero-order valence-corrected chi connectivity index (χ0v) is 15.3. The van der Waals surface area contributed by atoms with Gasteiger partial charge in [0.25, 0.3) is 0 Å². The first-order chi connectivity index (χ1) is 12.2. The van der Waals surface area contributed by atoms with Gasteiger partial charge in [-0.2, -0.15) is 4.98 Å². The zero-order chi connectivity index (χ0) is 17.1. The van der Waals surface area contributed by atoms with E-state index in [0.717, 1.165) is 56.6 Å². The number of rotatable bonds is 3. The molecular weight excluding hydrogens is 316 g/mol. The van der Waals surface area contributed by atoms with E-state index in [1.165, 1.54) is 38.5 Å². The second-order valence-corrected chi connectivity index (χ2v) is 7.62. The smallest absolute Gasteiger partial charge is 0.227 e. The molecule has 1 saturated carbocycles. The number of nitrogens with one attached hydrogen (secondary N) is 1. The third-order valence-electron chi connectivity index (χ3n) is 5.67. The summed E-state index contributed by atoms with van der Waals surface area (Å²) in [6, 6.07) is 2.62. The van der Waals surface area contributed by atoms with Crippen LogP contribution in [0, 0.1) is 6.92 Å². The first-order valence-corrected chi connectivity index (χ1v) is 9.88. The summed E-state index contributed by atoms with van der Waals surface area (Å²) < 4.78 is 11.6. The van der Waals surface area contributed by atoms with E-state index in [9.17, 15) is 0 Å². The molecule has 0 radical (unpaired) electrons. The van der Waals surface area contributed by atoms with Gasteiger partial charge in [0.1, 0.15) is 5.82 Å². The Morgan fingerprint density at radius 3 is 2.40 bits per heavy atom. The molecule has 6 nitrogen and oxygen atoms in total. The zero-order valence-electron chi connectivity index (χ0n) is 15.3. The Labute approximate surface area is 150 Å².